The highest BCUT2D eigenvalue weighted by Crippen LogP contribution is 2.22. The van der Waals surface area contributed by atoms with Crippen LogP contribution < -0.4 is 5.32 Å². The van der Waals surface area contributed by atoms with Crippen molar-refractivity contribution in [1.29, 1.82) is 0 Å². The fraction of sp³-hybridized carbons (Fsp3) is 0.714. The standard InChI is InChI=1S/C14H25NO2S/c1-4-6-15-10-14-9-13(12(2)18-14)11-17-8-5-7-16-3/h9,15H,4-8,10-11H2,1-3H3. The molecule has 0 aliphatic heterocycles. The Kier molecular flexibility index (Phi) is 8.25. The molecule has 0 spiro atoms. The van der Waals surface area contributed by atoms with Crippen LogP contribution in [0.3, 0.4) is 0 Å². The third-order valence-electron chi connectivity index (χ3n) is 2.69. The smallest absolute Gasteiger partial charge is 0.0727 e. The van der Waals surface area contributed by atoms with Crippen molar-refractivity contribution in [1.82, 2.24) is 5.32 Å². The maximum Gasteiger partial charge on any atom is 0.0727 e. The van der Waals surface area contributed by atoms with Crippen molar-refractivity contribution in [3.8, 4) is 0 Å². The first-order valence-corrected chi connectivity index (χ1v) is 7.45. The van der Waals surface area contributed by atoms with E-state index >= 15 is 0 Å². The topological polar surface area (TPSA) is 30.5 Å². The molecule has 0 aliphatic rings. The summed E-state index contributed by atoms with van der Waals surface area (Å²) in [6, 6.07) is 2.26. The molecule has 0 unspecified atom stereocenters. The average Bonchev–Trinajstić information content (AvgIpc) is 2.70. The molecule has 0 saturated heterocycles. The molecule has 0 bridgehead atoms. The van der Waals surface area contributed by atoms with E-state index < -0.39 is 0 Å². The van der Waals surface area contributed by atoms with Gasteiger partial charge in [-0.25, -0.2) is 0 Å². The van der Waals surface area contributed by atoms with Crippen molar-refractivity contribution in [2.45, 2.75) is 39.8 Å². The lowest BCUT2D eigenvalue weighted by atomic mass is 10.2. The monoisotopic (exact) mass is 271 g/mol. The van der Waals surface area contributed by atoms with Crippen LogP contribution >= 0.6 is 11.3 Å². The molecule has 0 aliphatic carbocycles. The molecule has 18 heavy (non-hydrogen) atoms. The molecule has 1 aromatic rings. The van der Waals surface area contributed by atoms with Gasteiger partial charge in [0.25, 0.3) is 0 Å². The zero-order valence-electron chi connectivity index (χ0n) is 11.8. The van der Waals surface area contributed by atoms with Crippen LogP contribution in [0.1, 0.15) is 35.1 Å². The Morgan fingerprint density at radius 3 is 2.89 bits per heavy atom. The van der Waals surface area contributed by atoms with E-state index in [1.54, 1.807) is 7.11 Å². The number of hydrogen-bond donors (Lipinski definition) is 1. The highest BCUT2D eigenvalue weighted by molar-refractivity contribution is 7.12. The number of ether oxygens (including phenoxy) is 2. The van der Waals surface area contributed by atoms with Crippen LogP contribution in [-0.4, -0.2) is 26.9 Å². The summed E-state index contributed by atoms with van der Waals surface area (Å²) in [5, 5.41) is 3.43. The van der Waals surface area contributed by atoms with Crippen LogP contribution in [0.4, 0.5) is 0 Å². The fourth-order valence-corrected chi connectivity index (χ4v) is 2.71. The Morgan fingerprint density at radius 2 is 2.17 bits per heavy atom. The summed E-state index contributed by atoms with van der Waals surface area (Å²) in [5.74, 6) is 0. The van der Waals surface area contributed by atoms with Gasteiger partial charge in [0, 0.05) is 36.6 Å². The first kappa shape index (κ1) is 15.6. The van der Waals surface area contributed by atoms with Crippen molar-refractivity contribution in [2.24, 2.45) is 0 Å². The number of methoxy groups -OCH3 is 1. The Bertz CT molecular complexity index is 326. The van der Waals surface area contributed by atoms with E-state index in [-0.39, 0.29) is 0 Å². The molecule has 4 heteroatoms. The molecule has 1 N–H and O–H groups in total. The molecule has 0 aromatic carbocycles. The molecule has 1 rings (SSSR count). The van der Waals surface area contributed by atoms with Crippen LogP contribution in [-0.2, 0) is 22.6 Å². The second kappa shape index (κ2) is 9.50. The first-order valence-electron chi connectivity index (χ1n) is 6.63. The summed E-state index contributed by atoms with van der Waals surface area (Å²) in [6.07, 6.45) is 2.14. The van der Waals surface area contributed by atoms with Crippen molar-refractivity contribution in [3.63, 3.8) is 0 Å². The fourth-order valence-electron chi connectivity index (χ4n) is 1.69. The quantitative estimate of drug-likeness (QED) is 0.663. The summed E-state index contributed by atoms with van der Waals surface area (Å²) in [7, 11) is 1.72. The summed E-state index contributed by atoms with van der Waals surface area (Å²) >= 11 is 1.87. The number of hydrogen-bond acceptors (Lipinski definition) is 4. The van der Waals surface area contributed by atoms with Gasteiger partial charge in [-0.15, -0.1) is 11.3 Å². The van der Waals surface area contributed by atoms with Gasteiger partial charge in [-0.05, 0) is 37.9 Å². The van der Waals surface area contributed by atoms with E-state index in [2.05, 4.69) is 25.2 Å². The Balaban J connectivity index is 2.27. The van der Waals surface area contributed by atoms with Crippen LogP contribution in [0.25, 0.3) is 0 Å². The molecule has 0 atom stereocenters. The molecule has 0 amide bonds. The molecular weight excluding hydrogens is 246 g/mol. The molecule has 0 radical (unpaired) electrons. The number of rotatable bonds is 10. The third kappa shape index (κ3) is 5.96. The van der Waals surface area contributed by atoms with Gasteiger partial charge in [0.15, 0.2) is 0 Å². The first-order chi connectivity index (χ1) is 8.77. The largest absolute Gasteiger partial charge is 0.385 e. The van der Waals surface area contributed by atoms with Gasteiger partial charge < -0.3 is 14.8 Å². The molecule has 1 heterocycles. The maximum atomic E-state index is 5.65. The van der Waals surface area contributed by atoms with Crippen LogP contribution in [0.15, 0.2) is 6.07 Å². The van der Waals surface area contributed by atoms with E-state index in [9.17, 15) is 0 Å². The van der Waals surface area contributed by atoms with E-state index in [0.29, 0.717) is 0 Å². The van der Waals surface area contributed by atoms with Crippen LogP contribution in [0.2, 0.25) is 0 Å². The normalized spacial score (nSPS) is 11.1. The lowest BCUT2D eigenvalue weighted by molar-refractivity contribution is 0.0928. The van der Waals surface area contributed by atoms with Gasteiger partial charge in [0.1, 0.15) is 0 Å². The highest BCUT2D eigenvalue weighted by Gasteiger charge is 2.05. The predicted molar refractivity (Wildman–Crippen MR) is 77.2 cm³/mol. The SMILES string of the molecule is CCCNCc1cc(COCCCOC)c(C)s1. The van der Waals surface area contributed by atoms with E-state index in [1.165, 1.54) is 21.7 Å². The zero-order valence-corrected chi connectivity index (χ0v) is 12.6. The van der Waals surface area contributed by atoms with Gasteiger partial charge in [-0.3, -0.25) is 0 Å². The lowest BCUT2D eigenvalue weighted by Crippen LogP contribution is -2.12. The predicted octanol–water partition coefficient (Wildman–Crippen LogP) is 3.11. The van der Waals surface area contributed by atoms with Crippen molar-refractivity contribution in [3.05, 3.63) is 21.4 Å². The highest BCUT2D eigenvalue weighted by atomic mass is 32.1. The van der Waals surface area contributed by atoms with Gasteiger partial charge in [0.2, 0.25) is 0 Å². The molecule has 104 valence electrons. The van der Waals surface area contributed by atoms with Crippen molar-refractivity contribution < 1.29 is 9.47 Å². The van der Waals surface area contributed by atoms with Crippen LogP contribution in [0.5, 0.6) is 0 Å². The molecule has 1 aromatic heterocycles. The third-order valence-corrected chi connectivity index (χ3v) is 3.79. The number of thiophene rings is 1. The molecule has 3 nitrogen and oxygen atoms in total. The summed E-state index contributed by atoms with van der Waals surface area (Å²) < 4.78 is 10.6. The summed E-state index contributed by atoms with van der Waals surface area (Å²) in [4.78, 5) is 2.77. The van der Waals surface area contributed by atoms with E-state index in [0.717, 1.165) is 39.3 Å². The maximum absolute atomic E-state index is 5.65. The van der Waals surface area contributed by atoms with Crippen LogP contribution in [0, 0.1) is 6.92 Å². The lowest BCUT2D eigenvalue weighted by Gasteiger charge is -2.03. The van der Waals surface area contributed by atoms with Crippen molar-refractivity contribution in [2.75, 3.05) is 26.9 Å². The Morgan fingerprint density at radius 1 is 1.33 bits per heavy atom. The van der Waals surface area contributed by atoms with Gasteiger partial charge in [0.05, 0.1) is 6.61 Å². The Hall–Kier alpha value is -0.420. The molecular formula is C14H25NO2S. The minimum absolute atomic E-state index is 0.722. The average molecular weight is 271 g/mol. The minimum Gasteiger partial charge on any atom is -0.385 e. The minimum atomic E-state index is 0.722. The Labute approximate surface area is 114 Å². The summed E-state index contributed by atoms with van der Waals surface area (Å²) in [6.45, 7) is 8.68. The van der Waals surface area contributed by atoms with Gasteiger partial charge in [-0.2, -0.15) is 0 Å². The second-order valence-electron chi connectivity index (χ2n) is 4.37. The van der Waals surface area contributed by atoms with E-state index in [4.69, 9.17) is 9.47 Å². The van der Waals surface area contributed by atoms with Gasteiger partial charge in [-0.1, -0.05) is 6.92 Å². The summed E-state index contributed by atoms with van der Waals surface area (Å²) in [5.41, 5.74) is 1.32. The number of aryl methyl sites for hydroxylation is 1. The second-order valence-corrected chi connectivity index (χ2v) is 5.71. The molecule has 0 fully saturated rings. The van der Waals surface area contributed by atoms with Gasteiger partial charge >= 0.3 is 0 Å². The zero-order chi connectivity index (χ0) is 13.2. The molecule has 0 saturated carbocycles. The van der Waals surface area contributed by atoms with E-state index in [1.807, 2.05) is 11.3 Å². The number of nitrogens with one attached hydrogen (secondary N) is 1. The van der Waals surface area contributed by atoms with Crippen molar-refractivity contribution >= 4 is 11.3 Å².